The van der Waals surface area contributed by atoms with Crippen LogP contribution in [0.2, 0.25) is 0 Å². The summed E-state index contributed by atoms with van der Waals surface area (Å²) < 4.78 is 5.38. The van der Waals surface area contributed by atoms with Crippen molar-refractivity contribution in [2.75, 3.05) is 0 Å². The summed E-state index contributed by atoms with van der Waals surface area (Å²) >= 11 is 0. The van der Waals surface area contributed by atoms with Crippen LogP contribution in [0.15, 0.2) is 33.5 Å². The predicted molar refractivity (Wildman–Crippen MR) is 90.2 cm³/mol. The first kappa shape index (κ1) is 15.3. The van der Waals surface area contributed by atoms with E-state index >= 15 is 0 Å². The zero-order valence-electron chi connectivity index (χ0n) is 13.8. The molecule has 1 saturated carbocycles. The third-order valence-electron chi connectivity index (χ3n) is 4.80. The van der Waals surface area contributed by atoms with Gasteiger partial charge < -0.3 is 4.42 Å². The van der Waals surface area contributed by atoms with Gasteiger partial charge in [-0.25, -0.2) is 4.79 Å². The fourth-order valence-electron chi connectivity index (χ4n) is 3.63. The number of fused-ring (bicyclic) bond motifs is 1. The lowest BCUT2D eigenvalue weighted by molar-refractivity contribution is 0.146. The van der Waals surface area contributed by atoms with E-state index < -0.39 is 0 Å². The molecule has 0 bridgehead atoms. The molecule has 0 atom stereocenters. The van der Waals surface area contributed by atoms with Gasteiger partial charge in [-0.1, -0.05) is 25.0 Å². The second-order valence-corrected chi connectivity index (χ2v) is 6.79. The monoisotopic (exact) mass is 299 g/mol. The topological polar surface area (TPSA) is 33.5 Å². The smallest absolute Gasteiger partial charge is 0.336 e. The van der Waals surface area contributed by atoms with E-state index in [0.29, 0.717) is 17.7 Å². The lowest BCUT2D eigenvalue weighted by Gasteiger charge is -2.32. The first-order chi connectivity index (χ1) is 10.5. The van der Waals surface area contributed by atoms with Crippen LogP contribution >= 0.6 is 0 Å². The number of hydrogen-bond acceptors (Lipinski definition) is 3. The van der Waals surface area contributed by atoms with Crippen LogP contribution in [-0.4, -0.2) is 17.0 Å². The highest BCUT2D eigenvalue weighted by atomic mass is 16.4. The summed E-state index contributed by atoms with van der Waals surface area (Å²) in [7, 11) is 0. The Labute approximate surface area is 131 Å². The van der Waals surface area contributed by atoms with Crippen LogP contribution in [0.1, 0.15) is 50.7 Å². The molecule has 2 aromatic rings. The molecule has 1 aliphatic rings. The summed E-state index contributed by atoms with van der Waals surface area (Å²) in [5.74, 6) is 0. The highest BCUT2D eigenvalue weighted by Gasteiger charge is 2.25. The predicted octanol–water partition coefficient (Wildman–Crippen LogP) is 4.25. The minimum atomic E-state index is -0.247. The summed E-state index contributed by atoms with van der Waals surface area (Å²) in [6.45, 7) is 7.34. The van der Waals surface area contributed by atoms with Gasteiger partial charge in [0.1, 0.15) is 5.58 Å². The molecule has 3 heteroatoms. The van der Waals surface area contributed by atoms with Gasteiger partial charge in [0.2, 0.25) is 0 Å². The Balaban J connectivity index is 1.99. The van der Waals surface area contributed by atoms with Crippen molar-refractivity contribution in [3.63, 3.8) is 0 Å². The van der Waals surface area contributed by atoms with E-state index in [1.807, 2.05) is 13.0 Å². The highest BCUT2D eigenvalue weighted by Crippen LogP contribution is 2.28. The SMILES string of the molecule is Cc1ccc2c(CN(C(C)C)C3CCCC3)cc(=O)oc2c1. The van der Waals surface area contributed by atoms with Gasteiger partial charge in [-0.15, -0.1) is 0 Å². The third kappa shape index (κ3) is 3.09. The minimum Gasteiger partial charge on any atom is -0.423 e. The van der Waals surface area contributed by atoms with Gasteiger partial charge in [0, 0.05) is 30.1 Å². The van der Waals surface area contributed by atoms with Crippen molar-refractivity contribution in [3.8, 4) is 0 Å². The average Bonchev–Trinajstić information content (AvgIpc) is 2.97. The minimum absolute atomic E-state index is 0.247. The van der Waals surface area contributed by atoms with E-state index in [-0.39, 0.29) is 5.63 Å². The Bertz CT molecular complexity index is 711. The molecule has 0 radical (unpaired) electrons. The molecule has 0 spiro atoms. The highest BCUT2D eigenvalue weighted by molar-refractivity contribution is 5.80. The van der Waals surface area contributed by atoms with Crippen molar-refractivity contribution in [2.45, 2.75) is 65.1 Å². The van der Waals surface area contributed by atoms with Crippen molar-refractivity contribution in [2.24, 2.45) is 0 Å². The van der Waals surface area contributed by atoms with Crippen molar-refractivity contribution in [1.82, 2.24) is 4.90 Å². The summed E-state index contributed by atoms with van der Waals surface area (Å²) in [5.41, 5.74) is 2.66. The second-order valence-electron chi connectivity index (χ2n) is 6.79. The Morgan fingerprint density at radius 3 is 2.64 bits per heavy atom. The Morgan fingerprint density at radius 2 is 1.95 bits per heavy atom. The number of hydrogen-bond donors (Lipinski definition) is 0. The first-order valence-electron chi connectivity index (χ1n) is 8.34. The van der Waals surface area contributed by atoms with E-state index in [1.165, 1.54) is 25.7 Å². The molecular weight excluding hydrogens is 274 g/mol. The van der Waals surface area contributed by atoms with Gasteiger partial charge in [-0.3, -0.25) is 4.90 Å². The Kier molecular flexibility index (Phi) is 4.34. The fourth-order valence-corrected chi connectivity index (χ4v) is 3.63. The molecule has 1 aromatic carbocycles. The molecule has 1 aromatic heterocycles. The van der Waals surface area contributed by atoms with Crippen LogP contribution in [0.3, 0.4) is 0 Å². The quantitative estimate of drug-likeness (QED) is 0.791. The van der Waals surface area contributed by atoms with E-state index in [4.69, 9.17) is 4.42 Å². The van der Waals surface area contributed by atoms with E-state index in [2.05, 4.69) is 30.9 Å². The normalized spacial score (nSPS) is 16.2. The third-order valence-corrected chi connectivity index (χ3v) is 4.80. The van der Waals surface area contributed by atoms with E-state index in [0.717, 1.165) is 23.1 Å². The number of nitrogens with zero attached hydrogens (tertiary/aromatic N) is 1. The van der Waals surface area contributed by atoms with Crippen molar-refractivity contribution in [1.29, 1.82) is 0 Å². The molecule has 22 heavy (non-hydrogen) atoms. The molecule has 0 N–H and O–H groups in total. The summed E-state index contributed by atoms with van der Waals surface area (Å²) in [5, 5.41) is 1.06. The number of rotatable bonds is 4. The molecule has 3 rings (SSSR count). The molecule has 1 fully saturated rings. The molecule has 118 valence electrons. The van der Waals surface area contributed by atoms with Crippen LogP contribution in [-0.2, 0) is 6.54 Å². The van der Waals surface area contributed by atoms with Crippen molar-refractivity contribution < 1.29 is 4.42 Å². The lowest BCUT2D eigenvalue weighted by atomic mass is 10.1. The van der Waals surface area contributed by atoms with Gasteiger partial charge in [0.15, 0.2) is 0 Å². The van der Waals surface area contributed by atoms with Crippen molar-refractivity contribution >= 4 is 11.0 Å². The maximum Gasteiger partial charge on any atom is 0.336 e. The van der Waals surface area contributed by atoms with Crippen LogP contribution in [0.5, 0.6) is 0 Å². The maximum atomic E-state index is 11.9. The molecule has 0 unspecified atom stereocenters. The zero-order chi connectivity index (χ0) is 15.7. The average molecular weight is 299 g/mol. The van der Waals surface area contributed by atoms with Crippen molar-refractivity contribution in [3.05, 3.63) is 45.8 Å². The van der Waals surface area contributed by atoms with Gasteiger partial charge in [-0.05, 0) is 50.8 Å². The van der Waals surface area contributed by atoms with Gasteiger partial charge in [0.25, 0.3) is 0 Å². The lowest BCUT2D eigenvalue weighted by Crippen LogP contribution is -2.38. The van der Waals surface area contributed by atoms with Gasteiger partial charge >= 0.3 is 5.63 Å². The Hall–Kier alpha value is -1.61. The van der Waals surface area contributed by atoms with Crippen LogP contribution in [0, 0.1) is 6.92 Å². The van der Waals surface area contributed by atoms with Crippen LogP contribution in [0.4, 0.5) is 0 Å². The molecule has 3 nitrogen and oxygen atoms in total. The van der Waals surface area contributed by atoms with Crippen LogP contribution < -0.4 is 5.63 Å². The summed E-state index contributed by atoms with van der Waals surface area (Å²) in [6.07, 6.45) is 5.20. The van der Waals surface area contributed by atoms with Gasteiger partial charge in [0.05, 0.1) is 0 Å². The zero-order valence-corrected chi connectivity index (χ0v) is 13.8. The Morgan fingerprint density at radius 1 is 1.23 bits per heavy atom. The summed E-state index contributed by atoms with van der Waals surface area (Å²) in [4.78, 5) is 14.4. The summed E-state index contributed by atoms with van der Waals surface area (Å²) in [6, 6.07) is 8.91. The standard InChI is InChI=1S/C19H25NO2/c1-13(2)20(16-6-4-5-7-16)12-15-11-19(21)22-18-10-14(3)8-9-17(15)18/h8-11,13,16H,4-7,12H2,1-3H3. The van der Waals surface area contributed by atoms with E-state index in [9.17, 15) is 4.79 Å². The largest absolute Gasteiger partial charge is 0.423 e. The fraction of sp³-hybridized carbons (Fsp3) is 0.526. The molecule has 0 aliphatic heterocycles. The first-order valence-corrected chi connectivity index (χ1v) is 8.34. The number of aryl methyl sites for hydroxylation is 1. The molecule has 0 saturated heterocycles. The maximum absolute atomic E-state index is 11.9. The van der Waals surface area contributed by atoms with Crippen LogP contribution in [0.25, 0.3) is 11.0 Å². The molecular formula is C19H25NO2. The van der Waals surface area contributed by atoms with E-state index in [1.54, 1.807) is 6.07 Å². The second kappa shape index (κ2) is 6.25. The molecule has 0 amide bonds. The van der Waals surface area contributed by atoms with Gasteiger partial charge in [-0.2, -0.15) is 0 Å². The number of benzene rings is 1. The molecule has 1 heterocycles. The molecule has 1 aliphatic carbocycles.